The summed E-state index contributed by atoms with van der Waals surface area (Å²) in [6.07, 6.45) is 0.837. The van der Waals surface area contributed by atoms with Gasteiger partial charge in [0.05, 0.1) is 11.6 Å². The third-order valence-corrected chi connectivity index (χ3v) is 2.42. The lowest BCUT2D eigenvalue weighted by atomic mass is 10.1. The van der Waals surface area contributed by atoms with Crippen LogP contribution < -0.4 is 10.5 Å². The Hall–Kier alpha value is -0.730. The zero-order valence-electron chi connectivity index (χ0n) is 10.2. The zero-order valence-corrected chi connectivity index (χ0v) is 10.9. The molecule has 0 aliphatic heterocycles. The number of rotatable bonds is 5. The third kappa shape index (κ3) is 4.42. The molecule has 0 fully saturated rings. The van der Waals surface area contributed by atoms with Gasteiger partial charge in [-0.1, -0.05) is 31.5 Å². The molecule has 0 spiro atoms. The first-order valence-corrected chi connectivity index (χ1v) is 6.03. The van der Waals surface area contributed by atoms with Gasteiger partial charge in [0.2, 0.25) is 0 Å². The number of ether oxygens (including phenoxy) is 1. The van der Waals surface area contributed by atoms with E-state index in [0.717, 1.165) is 17.7 Å². The van der Waals surface area contributed by atoms with E-state index in [1.54, 1.807) is 0 Å². The molecule has 1 unspecified atom stereocenters. The van der Waals surface area contributed by atoms with Crippen molar-refractivity contribution < 1.29 is 4.74 Å². The van der Waals surface area contributed by atoms with E-state index in [0.29, 0.717) is 17.5 Å². The van der Waals surface area contributed by atoms with Crippen LogP contribution in [0.15, 0.2) is 18.2 Å². The molecular weight excluding hydrogens is 222 g/mol. The molecular formula is C13H20ClNO. The van der Waals surface area contributed by atoms with Crippen LogP contribution in [-0.4, -0.2) is 12.6 Å². The van der Waals surface area contributed by atoms with Gasteiger partial charge in [0.15, 0.2) is 0 Å². The van der Waals surface area contributed by atoms with Crippen molar-refractivity contribution in [3.8, 4) is 5.75 Å². The molecule has 16 heavy (non-hydrogen) atoms. The lowest BCUT2D eigenvalue weighted by Crippen LogP contribution is -2.17. The predicted octanol–water partition coefficient (Wildman–Crippen LogP) is 3.26. The van der Waals surface area contributed by atoms with Gasteiger partial charge in [-0.25, -0.2) is 0 Å². The van der Waals surface area contributed by atoms with Crippen LogP contribution in [0.2, 0.25) is 5.02 Å². The van der Waals surface area contributed by atoms with E-state index in [1.165, 1.54) is 0 Å². The van der Waals surface area contributed by atoms with Gasteiger partial charge in [-0.05, 0) is 37.0 Å². The monoisotopic (exact) mass is 241 g/mol. The fourth-order valence-electron chi connectivity index (χ4n) is 1.42. The number of hydrogen-bond acceptors (Lipinski definition) is 2. The lowest BCUT2D eigenvalue weighted by molar-refractivity contribution is 0.271. The van der Waals surface area contributed by atoms with Crippen LogP contribution in [0.5, 0.6) is 5.75 Å². The fourth-order valence-corrected chi connectivity index (χ4v) is 1.67. The highest BCUT2D eigenvalue weighted by atomic mass is 35.5. The van der Waals surface area contributed by atoms with Crippen molar-refractivity contribution in [1.29, 1.82) is 0 Å². The molecule has 1 rings (SSSR count). The summed E-state index contributed by atoms with van der Waals surface area (Å²) >= 11 is 6.13. The standard InChI is InChI=1S/C13H20ClNO/c1-9(2)8-16-13-5-4-11(6-10(3)15)7-12(13)14/h4-5,7,9-10H,6,8,15H2,1-3H3. The lowest BCUT2D eigenvalue weighted by Gasteiger charge is -2.12. The molecule has 90 valence electrons. The Morgan fingerprint density at radius 2 is 2.00 bits per heavy atom. The first kappa shape index (κ1) is 13.3. The van der Waals surface area contributed by atoms with Crippen molar-refractivity contribution in [3.05, 3.63) is 28.8 Å². The number of halogens is 1. The maximum absolute atomic E-state index is 6.13. The van der Waals surface area contributed by atoms with Gasteiger partial charge in [0.1, 0.15) is 5.75 Å². The van der Waals surface area contributed by atoms with Crippen molar-refractivity contribution in [1.82, 2.24) is 0 Å². The van der Waals surface area contributed by atoms with Crippen LogP contribution in [0.4, 0.5) is 0 Å². The number of benzene rings is 1. The molecule has 1 aromatic rings. The van der Waals surface area contributed by atoms with Crippen LogP contribution in [-0.2, 0) is 6.42 Å². The van der Waals surface area contributed by atoms with E-state index in [1.807, 2.05) is 25.1 Å². The second-order valence-corrected chi connectivity index (χ2v) is 5.06. The Balaban J connectivity index is 2.67. The molecule has 1 aromatic carbocycles. The SMILES string of the molecule is CC(C)COc1ccc(CC(C)N)cc1Cl. The van der Waals surface area contributed by atoms with Crippen LogP contribution in [0.1, 0.15) is 26.3 Å². The van der Waals surface area contributed by atoms with Gasteiger partial charge < -0.3 is 10.5 Å². The first-order valence-electron chi connectivity index (χ1n) is 5.66. The van der Waals surface area contributed by atoms with Gasteiger partial charge in [0.25, 0.3) is 0 Å². The molecule has 0 radical (unpaired) electrons. The van der Waals surface area contributed by atoms with E-state index >= 15 is 0 Å². The van der Waals surface area contributed by atoms with Gasteiger partial charge in [-0.3, -0.25) is 0 Å². The molecule has 0 saturated heterocycles. The van der Waals surface area contributed by atoms with E-state index in [4.69, 9.17) is 22.1 Å². The molecule has 0 aliphatic rings. The van der Waals surface area contributed by atoms with Crippen molar-refractivity contribution in [2.45, 2.75) is 33.2 Å². The quantitative estimate of drug-likeness (QED) is 0.859. The first-order chi connectivity index (χ1) is 7.49. The summed E-state index contributed by atoms with van der Waals surface area (Å²) < 4.78 is 5.59. The Morgan fingerprint density at radius 3 is 2.50 bits per heavy atom. The summed E-state index contributed by atoms with van der Waals surface area (Å²) in [5.74, 6) is 1.25. The van der Waals surface area contributed by atoms with Crippen molar-refractivity contribution >= 4 is 11.6 Å². The smallest absolute Gasteiger partial charge is 0.137 e. The third-order valence-electron chi connectivity index (χ3n) is 2.13. The van der Waals surface area contributed by atoms with Crippen molar-refractivity contribution in [3.63, 3.8) is 0 Å². The molecule has 2 nitrogen and oxygen atoms in total. The maximum atomic E-state index is 6.13. The van der Waals surface area contributed by atoms with E-state index in [2.05, 4.69) is 13.8 Å². The molecule has 0 saturated carbocycles. The fraction of sp³-hybridized carbons (Fsp3) is 0.538. The largest absolute Gasteiger partial charge is 0.492 e. The normalized spacial score (nSPS) is 12.9. The highest BCUT2D eigenvalue weighted by molar-refractivity contribution is 6.32. The summed E-state index contributed by atoms with van der Waals surface area (Å²) in [5, 5.41) is 0.666. The average Bonchev–Trinajstić information content (AvgIpc) is 2.15. The molecule has 0 amide bonds. The van der Waals surface area contributed by atoms with Crippen molar-refractivity contribution in [2.24, 2.45) is 11.7 Å². The van der Waals surface area contributed by atoms with Crippen LogP contribution in [0.25, 0.3) is 0 Å². The minimum Gasteiger partial charge on any atom is -0.492 e. The summed E-state index contributed by atoms with van der Waals surface area (Å²) in [5.41, 5.74) is 6.89. The molecule has 3 heteroatoms. The predicted molar refractivity (Wildman–Crippen MR) is 69.1 cm³/mol. The Kier molecular flexibility index (Phi) is 5.10. The van der Waals surface area contributed by atoms with Crippen LogP contribution >= 0.6 is 11.6 Å². The second kappa shape index (κ2) is 6.12. The summed E-state index contributed by atoms with van der Waals surface area (Å²) in [7, 11) is 0. The number of hydrogen-bond donors (Lipinski definition) is 1. The molecule has 0 bridgehead atoms. The van der Waals surface area contributed by atoms with E-state index in [-0.39, 0.29) is 6.04 Å². The zero-order chi connectivity index (χ0) is 12.1. The summed E-state index contributed by atoms with van der Waals surface area (Å²) in [4.78, 5) is 0. The average molecular weight is 242 g/mol. The van der Waals surface area contributed by atoms with E-state index in [9.17, 15) is 0 Å². The van der Waals surface area contributed by atoms with Crippen molar-refractivity contribution in [2.75, 3.05) is 6.61 Å². The van der Waals surface area contributed by atoms with Gasteiger partial charge in [-0.2, -0.15) is 0 Å². The molecule has 0 aliphatic carbocycles. The summed E-state index contributed by atoms with van der Waals surface area (Å²) in [6, 6.07) is 6.02. The highest BCUT2D eigenvalue weighted by Crippen LogP contribution is 2.26. The Labute approximate surface area is 103 Å². The highest BCUT2D eigenvalue weighted by Gasteiger charge is 2.05. The number of nitrogens with two attached hydrogens (primary N) is 1. The Bertz CT molecular complexity index is 337. The Morgan fingerprint density at radius 1 is 1.31 bits per heavy atom. The minimum absolute atomic E-state index is 0.151. The topological polar surface area (TPSA) is 35.2 Å². The maximum Gasteiger partial charge on any atom is 0.137 e. The molecule has 0 heterocycles. The molecule has 0 aromatic heterocycles. The second-order valence-electron chi connectivity index (χ2n) is 4.65. The van der Waals surface area contributed by atoms with Gasteiger partial charge >= 0.3 is 0 Å². The van der Waals surface area contributed by atoms with Gasteiger partial charge in [0, 0.05) is 6.04 Å². The van der Waals surface area contributed by atoms with Gasteiger partial charge in [-0.15, -0.1) is 0 Å². The van der Waals surface area contributed by atoms with E-state index < -0.39 is 0 Å². The molecule has 2 N–H and O–H groups in total. The van der Waals surface area contributed by atoms with Crippen LogP contribution in [0.3, 0.4) is 0 Å². The van der Waals surface area contributed by atoms with Crippen LogP contribution in [0, 0.1) is 5.92 Å². The summed E-state index contributed by atoms with van der Waals surface area (Å²) in [6.45, 7) is 6.89. The molecule has 1 atom stereocenters. The minimum atomic E-state index is 0.151.